The molecular weight excluding hydrogens is 1700 g/mol. The number of primary amides is 1. The zero-order valence-corrected chi connectivity index (χ0v) is 72.9. The molecule has 0 unspecified atom stereocenters. The van der Waals surface area contributed by atoms with Gasteiger partial charge in [0, 0.05) is 25.9 Å². The maximum absolute atomic E-state index is 14.4. The Balaban J connectivity index is 2.30. The number of amides is 17. The summed E-state index contributed by atoms with van der Waals surface area (Å²) in [5.41, 5.74) is 34.9. The van der Waals surface area contributed by atoms with Gasteiger partial charge >= 0.3 is 11.9 Å². The smallest absolute Gasteiger partial charge is 0.326 e. The lowest BCUT2D eigenvalue weighted by atomic mass is 10.0. The number of carbonyl (C=O) groups is 19. The second-order valence-corrected chi connectivity index (χ2v) is 30.8. The normalized spacial score (nSPS) is 14.4. The molecule has 0 aromatic heterocycles. The number of aliphatic hydroxyl groups excluding tert-OH is 2. The summed E-state index contributed by atoms with van der Waals surface area (Å²) < 4.78 is 0. The van der Waals surface area contributed by atoms with E-state index in [-0.39, 0.29) is 108 Å². The summed E-state index contributed by atoms with van der Waals surface area (Å²) in [6, 6.07) is -7.63. The van der Waals surface area contributed by atoms with Crippen molar-refractivity contribution in [3.63, 3.8) is 0 Å². The number of hydrogen-bond acceptors (Lipinski definition) is 27. The molecule has 0 bridgehead atoms. The fourth-order valence-corrected chi connectivity index (χ4v) is 12.1. The molecule has 2 aromatic rings. The van der Waals surface area contributed by atoms with Crippen molar-refractivity contribution in [2.24, 2.45) is 40.3 Å². The lowest BCUT2D eigenvalue weighted by Gasteiger charge is -2.28. The first kappa shape index (κ1) is 112. The van der Waals surface area contributed by atoms with Crippen LogP contribution in [0.1, 0.15) is 143 Å². The monoisotopic (exact) mass is 1820 g/mol. The minimum absolute atomic E-state index is 0.00862. The number of aliphatic hydroxyl groups is 2. The first-order valence-corrected chi connectivity index (χ1v) is 41.7. The fraction of sp³-hybridized carbons (Fsp3) is 0.582. The Hall–Kier alpha value is -13.5. The highest BCUT2D eigenvalue weighted by Gasteiger charge is 2.38. The molecule has 0 saturated heterocycles. The first-order chi connectivity index (χ1) is 60.8. The second-order valence-electron chi connectivity index (χ2n) is 30.8. The average Bonchev–Trinajstić information content (AvgIpc) is 0.857. The van der Waals surface area contributed by atoms with E-state index in [4.69, 9.17) is 50.3 Å². The average molecular weight is 1830 g/mol. The molecule has 0 spiro atoms. The molecule has 129 heavy (non-hydrogen) atoms. The van der Waals surface area contributed by atoms with Gasteiger partial charge in [0.25, 0.3) is 0 Å². The zero-order valence-electron chi connectivity index (χ0n) is 72.9. The number of rotatable bonds is 62. The van der Waals surface area contributed by atoms with Crippen LogP contribution in [0.4, 0.5) is 0 Å². The van der Waals surface area contributed by atoms with E-state index in [1.54, 1.807) is 56.3 Å². The Kier molecular flexibility index (Phi) is 51.4. The van der Waals surface area contributed by atoms with Gasteiger partial charge in [0.15, 0.2) is 11.9 Å². The summed E-state index contributed by atoms with van der Waals surface area (Å²) in [7, 11) is 0. The maximum Gasteiger partial charge on any atom is 0.326 e. The molecule has 0 aliphatic carbocycles. The summed E-state index contributed by atoms with van der Waals surface area (Å²) in [5.74, 6) is -21.3. The highest BCUT2D eigenvalue weighted by atomic mass is 16.4. The number of carbonyl (C=O) groups excluding carboxylic acids is 17. The number of benzene rings is 2. The van der Waals surface area contributed by atoms with Crippen molar-refractivity contribution in [2.75, 3.05) is 52.4 Å². The van der Waals surface area contributed by atoms with Crippen LogP contribution < -0.4 is 130 Å². The van der Waals surface area contributed by atoms with E-state index in [0.29, 0.717) is 24.0 Å². The quantitative estimate of drug-likeness (QED) is 0.0166. The number of nitrogens with one attached hydrogen (secondary N) is 20. The molecule has 2 aromatic carbocycles. The molecule has 0 aliphatic rings. The predicted octanol–water partition coefficient (Wildman–Crippen LogP) is -10.8. The van der Waals surface area contributed by atoms with E-state index in [1.165, 1.54) is 32.9 Å². The molecule has 0 aliphatic heterocycles. The van der Waals surface area contributed by atoms with Crippen molar-refractivity contribution in [1.82, 2.24) is 95.7 Å². The van der Waals surface area contributed by atoms with Gasteiger partial charge in [0.05, 0.1) is 44.8 Å². The van der Waals surface area contributed by atoms with Crippen LogP contribution in [0.15, 0.2) is 54.6 Å². The third-order valence-electron chi connectivity index (χ3n) is 19.1. The Morgan fingerprint density at radius 3 is 1.22 bits per heavy atom. The highest BCUT2D eigenvalue weighted by molar-refractivity contribution is 6.01. The van der Waals surface area contributed by atoms with Gasteiger partial charge in [0.2, 0.25) is 100 Å². The van der Waals surface area contributed by atoms with Crippen molar-refractivity contribution in [3.05, 3.63) is 65.7 Å². The van der Waals surface area contributed by atoms with Gasteiger partial charge in [-0.3, -0.25) is 97.1 Å². The molecule has 50 heteroatoms. The SMILES string of the molecule is CC(C)C[C@H](NC(=O)[C@H](CCCCN)NC(=O)[C@H](CCCNC(=N)N)NC(=O)[C@H](C)NC(=O)[C@H](CO)NC(=O)[C@H](CCCCN)NC(=O)[C@H](CCCNC(=N)N)NC(=O)[C@H](C)NC(=O)CNC(=O)[C@@H](NC(=O)[C@H](Cc1ccccc1)NC(=O)CNC(=O)CNC(=O)[C@@H](N)Cc1ccc(O)cc1)[C@@H](C)O)C(=O)N[C@@H](C)C(=O)N[C@@H](CC(N)=O)C(=O)N[C@@H](CCC(=O)O)C(=O)O. The third-order valence-corrected chi connectivity index (χ3v) is 19.1. The minimum atomic E-state index is -1.86. The van der Waals surface area contributed by atoms with Crippen molar-refractivity contribution in [3.8, 4) is 5.75 Å². The van der Waals surface area contributed by atoms with Crippen LogP contribution in [0.25, 0.3) is 0 Å². The van der Waals surface area contributed by atoms with Crippen LogP contribution in [-0.2, 0) is 104 Å². The fourth-order valence-electron chi connectivity index (χ4n) is 12.1. The number of carboxylic acid groups (broad SMARTS) is 2. The molecule has 2 rings (SSSR count). The van der Waals surface area contributed by atoms with Crippen molar-refractivity contribution >= 4 is 124 Å². The number of aliphatic carboxylic acids is 2. The van der Waals surface area contributed by atoms with Crippen LogP contribution in [0, 0.1) is 16.7 Å². The number of hydrogen-bond donors (Lipinski definition) is 31. The lowest BCUT2D eigenvalue weighted by molar-refractivity contribution is -0.143. The van der Waals surface area contributed by atoms with E-state index in [1.807, 2.05) is 5.32 Å². The third kappa shape index (κ3) is 45.5. The molecule has 0 radical (unpaired) electrons. The predicted molar refractivity (Wildman–Crippen MR) is 462 cm³/mol. The number of carboxylic acids is 2. The number of phenols is 1. The van der Waals surface area contributed by atoms with Crippen molar-refractivity contribution in [1.29, 1.82) is 10.8 Å². The van der Waals surface area contributed by atoms with Crippen molar-refractivity contribution < 1.29 is 117 Å². The highest BCUT2D eigenvalue weighted by Crippen LogP contribution is 2.15. The summed E-state index contributed by atoms with van der Waals surface area (Å²) in [4.78, 5) is 254. The van der Waals surface area contributed by atoms with E-state index >= 15 is 0 Å². The van der Waals surface area contributed by atoms with Crippen LogP contribution in [0.2, 0.25) is 0 Å². The molecule has 17 amide bonds. The Morgan fingerprint density at radius 2 is 0.767 bits per heavy atom. The number of phenolic OH excluding ortho intramolecular Hbond substituents is 1. The van der Waals surface area contributed by atoms with Crippen LogP contribution in [-0.4, -0.2) is 293 Å². The van der Waals surface area contributed by atoms with Gasteiger partial charge in [-0.05, 0) is 153 Å². The van der Waals surface area contributed by atoms with Gasteiger partial charge in [-0.15, -0.1) is 0 Å². The minimum Gasteiger partial charge on any atom is -0.508 e. The van der Waals surface area contributed by atoms with E-state index in [0.717, 1.165) is 6.92 Å². The second kappa shape index (κ2) is 59.5. The number of nitrogens with two attached hydrogens (primary N) is 6. The first-order valence-electron chi connectivity index (χ1n) is 41.7. The standard InChI is InChI=1S/C79H128N26O24/c1-40(2)32-54(72(123)94-43(5)66(117)102-56(35-58(83)109)73(124)101-53(77(128)129)26-27-62(113)114)103-70(121)49(18-10-12-28-80)99-69(120)52(21-15-31-89-79(86)87)98-65(116)42(4)95-75(126)57(39-106)104-71(122)50(19-11-13-29-81)100-68(119)51(20-14-30-88-78(84)85)97-64(115)41(3)93-60(111)38-92-76(127)63(44(6)107)105-74(125)55(34-45-16-8-7-9-17-45)96-61(112)37-90-59(110)36-91-67(118)48(82)33-46-22-24-47(108)25-23-46/h7-9,16-17,22-25,40-44,48-57,63,106-108H,10-15,18-21,26-39,80-82H2,1-6H3,(H2,83,109)(H,90,110)(H,91,118)(H,92,127)(H,93,111)(H,94,123)(H,95,126)(H,96,112)(H,97,115)(H,98,116)(H,99,120)(H,100,119)(H,101,124)(H,102,117)(H,103,121)(H,104,122)(H,105,125)(H,113,114)(H,128,129)(H4,84,85,88)(H4,86,87,89)/t41-,42-,43-,44+,48-,49-,50-,51-,52-,53-,54-,55-,56-,57-,63-/m0/s1. The molecule has 0 saturated carbocycles. The van der Waals surface area contributed by atoms with Crippen LogP contribution in [0.3, 0.4) is 0 Å². The lowest BCUT2D eigenvalue weighted by Crippen LogP contribution is -2.61. The Morgan fingerprint density at radius 1 is 0.380 bits per heavy atom. The topological polar surface area (TPSA) is 846 Å². The molecule has 37 N–H and O–H groups in total. The van der Waals surface area contributed by atoms with Gasteiger partial charge < -0.3 is 156 Å². The molecule has 0 fully saturated rings. The molecule has 15 atom stereocenters. The van der Waals surface area contributed by atoms with Gasteiger partial charge in [-0.2, -0.15) is 0 Å². The number of guanidine groups is 2. The zero-order chi connectivity index (χ0) is 97.2. The molecule has 50 nitrogen and oxygen atoms in total. The summed E-state index contributed by atoms with van der Waals surface area (Å²) in [5, 5.41) is 108. The van der Waals surface area contributed by atoms with Crippen LogP contribution in [0.5, 0.6) is 5.75 Å². The Labute approximate surface area is 743 Å². The molecule has 0 heterocycles. The van der Waals surface area contributed by atoms with Gasteiger partial charge in [0.1, 0.15) is 84.3 Å². The maximum atomic E-state index is 14.4. The summed E-state index contributed by atoms with van der Waals surface area (Å²) in [6.07, 6.45) is -3.59. The van der Waals surface area contributed by atoms with E-state index in [9.17, 15) is 112 Å². The number of aromatic hydroxyl groups is 1. The Bertz CT molecular complexity index is 4130. The largest absolute Gasteiger partial charge is 0.508 e. The van der Waals surface area contributed by atoms with Crippen molar-refractivity contribution in [2.45, 2.75) is 235 Å². The molecule has 718 valence electrons. The van der Waals surface area contributed by atoms with Gasteiger partial charge in [-0.25, -0.2) is 4.79 Å². The number of unbranched alkanes of at least 4 members (excludes halogenated alkanes) is 2. The summed E-state index contributed by atoms with van der Waals surface area (Å²) >= 11 is 0. The van der Waals surface area contributed by atoms with E-state index < -0.39 is 260 Å². The van der Waals surface area contributed by atoms with Gasteiger partial charge in [-0.1, -0.05) is 56.3 Å². The molecular formula is C79H128N26O24. The summed E-state index contributed by atoms with van der Waals surface area (Å²) in [6.45, 7) is 5.01. The van der Waals surface area contributed by atoms with Crippen LogP contribution >= 0.6 is 0 Å². The van der Waals surface area contributed by atoms with E-state index in [2.05, 4.69) is 90.4 Å².